The number of benzene rings is 1. The molecular formula is C22H31ClN4O3. The Bertz CT molecular complexity index is 847. The second-order valence-electron chi connectivity index (χ2n) is 6.76. The van der Waals surface area contributed by atoms with Gasteiger partial charge in [0, 0.05) is 24.3 Å². The first-order valence-electron chi connectivity index (χ1n) is 10.4. The highest BCUT2D eigenvalue weighted by Gasteiger charge is 2.27. The fraction of sp³-hybridized carbons (Fsp3) is 0.500. The number of halogens is 1. The maximum absolute atomic E-state index is 12.3. The van der Waals surface area contributed by atoms with E-state index in [2.05, 4.69) is 15.3 Å². The van der Waals surface area contributed by atoms with Gasteiger partial charge in [-0.25, -0.2) is 9.78 Å². The van der Waals surface area contributed by atoms with Crippen LogP contribution in [0.2, 0.25) is 5.02 Å². The molecule has 8 heteroatoms. The van der Waals surface area contributed by atoms with Crippen molar-refractivity contribution in [3.63, 3.8) is 0 Å². The van der Waals surface area contributed by atoms with E-state index in [-0.39, 0.29) is 24.8 Å². The number of rotatable bonds is 7. The minimum Gasteiger partial charge on any atom is -0.462 e. The quantitative estimate of drug-likeness (QED) is 0.631. The van der Waals surface area contributed by atoms with E-state index in [0.29, 0.717) is 23.3 Å². The lowest BCUT2D eigenvalue weighted by Crippen LogP contribution is -2.33. The normalized spacial score (nSPS) is 15.4. The molecule has 1 unspecified atom stereocenters. The monoisotopic (exact) mass is 434 g/mol. The molecule has 1 aliphatic heterocycles. The fourth-order valence-electron chi connectivity index (χ4n) is 3.22. The van der Waals surface area contributed by atoms with E-state index in [4.69, 9.17) is 16.3 Å². The van der Waals surface area contributed by atoms with Crippen LogP contribution >= 0.6 is 11.6 Å². The molecule has 1 aromatic carbocycles. The number of carbonyl (C=O) groups excluding carboxylic acids is 1. The van der Waals surface area contributed by atoms with Crippen molar-refractivity contribution in [1.82, 2.24) is 9.97 Å². The van der Waals surface area contributed by atoms with E-state index >= 15 is 0 Å². The molecule has 0 amide bonds. The van der Waals surface area contributed by atoms with Crippen molar-refractivity contribution >= 4 is 29.3 Å². The molecule has 1 fully saturated rings. The summed E-state index contributed by atoms with van der Waals surface area (Å²) < 4.78 is 5.13. The number of aryl methyl sites for hydroxylation is 1. The van der Waals surface area contributed by atoms with Gasteiger partial charge in [0.1, 0.15) is 11.4 Å². The lowest BCUT2D eigenvalue weighted by molar-refractivity contribution is 0.0526. The van der Waals surface area contributed by atoms with Gasteiger partial charge >= 0.3 is 5.97 Å². The Morgan fingerprint density at radius 1 is 1.40 bits per heavy atom. The minimum atomic E-state index is -0.474. The molecule has 2 heterocycles. The van der Waals surface area contributed by atoms with Crippen LogP contribution in [-0.2, 0) is 11.3 Å². The Labute approximate surface area is 183 Å². The van der Waals surface area contributed by atoms with Crippen molar-refractivity contribution in [2.75, 3.05) is 30.0 Å². The Morgan fingerprint density at radius 3 is 2.83 bits per heavy atom. The van der Waals surface area contributed by atoms with E-state index in [1.54, 1.807) is 6.92 Å². The third-order valence-corrected chi connectivity index (χ3v) is 5.22. The van der Waals surface area contributed by atoms with Gasteiger partial charge in [0.05, 0.1) is 19.3 Å². The van der Waals surface area contributed by atoms with Gasteiger partial charge in [-0.05, 0) is 43.9 Å². The van der Waals surface area contributed by atoms with Gasteiger partial charge in [0.25, 0.3) is 0 Å². The number of ether oxygens (including phenoxy) is 1. The molecule has 2 aromatic rings. The van der Waals surface area contributed by atoms with Gasteiger partial charge in [-0.1, -0.05) is 37.6 Å². The predicted octanol–water partition coefficient (Wildman–Crippen LogP) is 4.21. The number of aliphatic hydroxyl groups is 1. The van der Waals surface area contributed by atoms with Crippen molar-refractivity contribution in [1.29, 1.82) is 0 Å². The van der Waals surface area contributed by atoms with Crippen LogP contribution in [0.4, 0.5) is 11.8 Å². The Balaban J connectivity index is 0.00000155. The molecule has 0 radical (unpaired) electrons. The summed E-state index contributed by atoms with van der Waals surface area (Å²) in [6.45, 7) is 9.25. The lowest BCUT2D eigenvalue weighted by atomic mass is 10.1. The van der Waals surface area contributed by atoms with Crippen molar-refractivity contribution < 1.29 is 14.6 Å². The van der Waals surface area contributed by atoms with Crippen molar-refractivity contribution in [2.24, 2.45) is 0 Å². The zero-order valence-corrected chi connectivity index (χ0v) is 18.9. The number of esters is 1. The molecule has 164 valence electrons. The highest BCUT2D eigenvalue weighted by atomic mass is 35.5. The average Bonchev–Trinajstić information content (AvgIpc) is 3.25. The van der Waals surface area contributed by atoms with Crippen LogP contribution in [0.25, 0.3) is 0 Å². The van der Waals surface area contributed by atoms with Crippen LogP contribution in [0, 0.1) is 6.92 Å². The maximum Gasteiger partial charge on any atom is 0.343 e. The van der Waals surface area contributed by atoms with Gasteiger partial charge in [0.2, 0.25) is 5.95 Å². The predicted molar refractivity (Wildman–Crippen MR) is 120 cm³/mol. The number of aliphatic hydroxyl groups excluding tert-OH is 1. The number of nitrogens with zero attached hydrogens (tertiary/aromatic N) is 3. The van der Waals surface area contributed by atoms with Gasteiger partial charge in [-0.15, -0.1) is 0 Å². The van der Waals surface area contributed by atoms with Gasteiger partial charge < -0.3 is 20.1 Å². The Hall–Kier alpha value is -2.38. The molecule has 0 spiro atoms. The lowest BCUT2D eigenvalue weighted by Gasteiger charge is -2.23. The third-order valence-electron chi connectivity index (χ3n) is 4.81. The Kier molecular flexibility index (Phi) is 9.33. The second kappa shape index (κ2) is 11.7. The van der Waals surface area contributed by atoms with Crippen molar-refractivity contribution in [2.45, 2.75) is 53.1 Å². The molecule has 0 aliphatic carbocycles. The number of carbonyl (C=O) groups is 1. The molecule has 1 saturated heterocycles. The first-order chi connectivity index (χ1) is 14.5. The largest absolute Gasteiger partial charge is 0.462 e. The summed E-state index contributed by atoms with van der Waals surface area (Å²) >= 11 is 6.20. The molecule has 1 aliphatic rings. The van der Waals surface area contributed by atoms with Gasteiger partial charge in [-0.2, -0.15) is 4.98 Å². The summed E-state index contributed by atoms with van der Waals surface area (Å²) in [4.78, 5) is 23.2. The second-order valence-corrected chi connectivity index (χ2v) is 7.17. The standard InChI is InChI=1S/C20H25ClN4O3.C2H6/c1-3-28-19(27)16-11-23-20(25-8-4-5-15(25)12-26)24-18(16)22-10-14-7-6-13(2)17(21)9-14;1-2/h6-7,9,11,15,26H,3-5,8,10,12H2,1-2H3,(H,22,23,24);1-2H3. The number of anilines is 2. The molecule has 2 N–H and O–H groups in total. The number of nitrogens with one attached hydrogen (secondary N) is 1. The van der Waals surface area contributed by atoms with Crippen LogP contribution in [-0.4, -0.2) is 46.8 Å². The molecule has 1 atom stereocenters. The molecule has 1 aromatic heterocycles. The highest BCUT2D eigenvalue weighted by Crippen LogP contribution is 2.25. The number of aromatic nitrogens is 2. The Morgan fingerprint density at radius 2 is 2.17 bits per heavy atom. The molecule has 3 rings (SSSR count). The minimum absolute atomic E-state index is 0.00259. The summed E-state index contributed by atoms with van der Waals surface area (Å²) in [7, 11) is 0. The van der Waals surface area contributed by atoms with Crippen molar-refractivity contribution in [3.8, 4) is 0 Å². The van der Waals surface area contributed by atoms with E-state index in [9.17, 15) is 9.90 Å². The first-order valence-corrected chi connectivity index (χ1v) is 10.8. The zero-order chi connectivity index (χ0) is 22.1. The first kappa shape index (κ1) is 23.9. The average molecular weight is 435 g/mol. The van der Waals surface area contributed by atoms with Gasteiger partial charge in [-0.3, -0.25) is 0 Å². The zero-order valence-electron chi connectivity index (χ0n) is 18.1. The summed E-state index contributed by atoms with van der Waals surface area (Å²) in [5, 5.41) is 13.5. The number of hydrogen-bond acceptors (Lipinski definition) is 7. The smallest absolute Gasteiger partial charge is 0.343 e. The van der Waals surface area contributed by atoms with E-state index in [0.717, 1.165) is 30.5 Å². The summed E-state index contributed by atoms with van der Waals surface area (Å²) in [5.74, 6) is 0.427. The van der Waals surface area contributed by atoms with Crippen molar-refractivity contribution in [3.05, 3.63) is 46.1 Å². The molecule has 7 nitrogen and oxygen atoms in total. The maximum atomic E-state index is 12.3. The SMILES string of the molecule is CC.CCOC(=O)c1cnc(N2CCCC2CO)nc1NCc1ccc(C)c(Cl)c1. The third kappa shape index (κ3) is 5.83. The summed E-state index contributed by atoms with van der Waals surface area (Å²) in [5.41, 5.74) is 2.26. The van der Waals surface area contributed by atoms with E-state index < -0.39 is 5.97 Å². The van der Waals surface area contributed by atoms with Crippen LogP contribution in [0.5, 0.6) is 0 Å². The topological polar surface area (TPSA) is 87.6 Å². The summed E-state index contributed by atoms with van der Waals surface area (Å²) in [6.07, 6.45) is 3.35. The highest BCUT2D eigenvalue weighted by molar-refractivity contribution is 6.31. The molecular weight excluding hydrogens is 404 g/mol. The summed E-state index contributed by atoms with van der Waals surface area (Å²) in [6, 6.07) is 5.81. The number of hydrogen-bond donors (Lipinski definition) is 2. The van der Waals surface area contributed by atoms with E-state index in [1.807, 2.05) is 43.9 Å². The van der Waals surface area contributed by atoms with Crippen LogP contribution in [0.1, 0.15) is 55.1 Å². The van der Waals surface area contributed by atoms with Gasteiger partial charge in [0.15, 0.2) is 0 Å². The van der Waals surface area contributed by atoms with Crippen LogP contribution in [0.3, 0.4) is 0 Å². The fourth-order valence-corrected chi connectivity index (χ4v) is 3.43. The molecule has 0 saturated carbocycles. The van der Waals surface area contributed by atoms with Crippen LogP contribution in [0.15, 0.2) is 24.4 Å². The molecule has 30 heavy (non-hydrogen) atoms. The van der Waals surface area contributed by atoms with Crippen LogP contribution < -0.4 is 10.2 Å². The van der Waals surface area contributed by atoms with E-state index in [1.165, 1.54) is 6.20 Å². The molecule has 0 bridgehead atoms.